The normalized spacial score (nSPS) is 28.4. The quantitative estimate of drug-likeness (QED) is 0.397. The summed E-state index contributed by atoms with van der Waals surface area (Å²) in [5.41, 5.74) is 0. The minimum atomic E-state index is -0.0371. The van der Waals surface area contributed by atoms with Crippen molar-refractivity contribution < 1.29 is 14.3 Å². The summed E-state index contributed by atoms with van der Waals surface area (Å²) in [4.78, 5) is 19.2. The van der Waals surface area contributed by atoms with Gasteiger partial charge in [0.2, 0.25) is 0 Å². The van der Waals surface area contributed by atoms with Crippen LogP contribution in [-0.4, -0.2) is 74.4 Å². The lowest BCUT2D eigenvalue weighted by atomic mass is 9.86. The molecule has 2 unspecified atom stereocenters. The summed E-state index contributed by atoms with van der Waals surface area (Å²) in [7, 11) is 0. The van der Waals surface area contributed by atoms with Crippen molar-refractivity contribution in [2.75, 3.05) is 39.5 Å². The van der Waals surface area contributed by atoms with Crippen LogP contribution in [0.1, 0.15) is 53.4 Å². The van der Waals surface area contributed by atoms with Crippen LogP contribution in [0.15, 0.2) is 4.99 Å². The van der Waals surface area contributed by atoms with E-state index < -0.39 is 0 Å². The predicted octanol–water partition coefficient (Wildman–Crippen LogP) is 1.77. The van der Waals surface area contributed by atoms with Crippen LogP contribution >= 0.6 is 0 Å². The van der Waals surface area contributed by atoms with Crippen molar-refractivity contribution in [2.45, 2.75) is 71.5 Å². The van der Waals surface area contributed by atoms with Crippen LogP contribution in [0.4, 0.5) is 0 Å². The smallest absolute Gasteiger partial charge is 0.308 e. The van der Waals surface area contributed by atoms with Gasteiger partial charge in [-0.2, -0.15) is 0 Å². The van der Waals surface area contributed by atoms with Crippen LogP contribution in [0.3, 0.4) is 0 Å². The Balaban J connectivity index is 1.82. The highest BCUT2D eigenvalue weighted by Gasteiger charge is 2.28. The maximum absolute atomic E-state index is 11.9. The van der Waals surface area contributed by atoms with Gasteiger partial charge in [-0.05, 0) is 53.4 Å². The molecule has 2 rings (SSSR count). The van der Waals surface area contributed by atoms with E-state index in [2.05, 4.69) is 36.3 Å². The molecule has 1 heterocycles. The summed E-state index contributed by atoms with van der Waals surface area (Å²) in [6.07, 6.45) is 3.73. The average Bonchev–Trinajstić information content (AvgIpc) is 2.67. The van der Waals surface area contributed by atoms with Crippen molar-refractivity contribution in [3.8, 4) is 0 Å². The molecule has 0 aromatic carbocycles. The molecule has 0 amide bonds. The minimum Gasteiger partial charge on any atom is -0.466 e. The van der Waals surface area contributed by atoms with Gasteiger partial charge in [0.25, 0.3) is 0 Å². The first-order chi connectivity index (χ1) is 13.0. The molecule has 0 aromatic rings. The summed E-state index contributed by atoms with van der Waals surface area (Å²) in [6, 6.07) is 1.20. The van der Waals surface area contributed by atoms with E-state index in [9.17, 15) is 4.79 Å². The number of nitrogens with zero attached hydrogens (tertiary/aromatic N) is 2. The average molecular weight is 383 g/mol. The largest absolute Gasteiger partial charge is 0.466 e. The first-order valence-electron chi connectivity index (χ1n) is 10.6. The van der Waals surface area contributed by atoms with Gasteiger partial charge >= 0.3 is 5.97 Å². The molecule has 1 saturated heterocycles. The topological polar surface area (TPSA) is 75.2 Å². The molecular weight excluding hydrogens is 344 g/mol. The molecule has 1 saturated carbocycles. The number of nitrogens with one attached hydrogen (secondary N) is 2. The van der Waals surface area contributed by atoms with Gasteiger partial charge in [-0.3, -0.25) is 14.7 Å². The van der Waals surface area contributed by atoms with Crippen molar-refractivity contribution in [3.63, 3.8) is 0 Å². The van der Waals surface area contributed by atoms with Crippen LogP contribution in [0, 0.1) is 5.92 Å². The van der Waals surface area contributed by atoms with E-state index in [4.69, 9.17) is 14.5 Å². The number of ether oxygens (including phenoxy) is 2. The molecule has 2 fully saturated rings. The fraction of sp³-hybridized carbons (Fsp3) is 0.900. The molecule has 2 N–H and O–H groups in total. The molecule has 0 radical (unpaired) electrons. The monoisotopic (exact) mass is 382 g/mol. The fourth-order valence-electron chi connectivity index (χ4n) is 3.97. The van der Waals surface area contributed by atoms with Crippen molar-refractivity contribution in [2.24, 2.45) is 10.9 Å². The molecule has 0 aromatic heterocycles. The molecule has 27 heavy (non-hydrogen) atoms. The van der Waals surface area contributed by atoms with E-state index in [1.807, 2.05) is 6.92 Å². The third kappa shape index (κ3) is 6.96. The van der Waals surface area contributed by atoms with E-state index in [1.54, 1.807) is 0 Å². The Hall–Kier alpha value is -1.34. The first-order valence-corrected chi connectivity index (χ1v) is 10.6. The van der Waals surface area contributed by atoms with Gasteiger partial charge in [-0.15, -0.1) is 0 Å². The molecule has 0 spiro atoms. The lowest BCUT2D eigenvalue weighted by Gasteiger charge is -2.37. The van der Waals surface area contributed by atoms with Gasteiger partial charge in [0.15, 0.2) is 5.96 Å². The zero-order chi connectivity index (χ0) is 19.6. The van der Waals surface area contributed by atoms with Crippen LogP contribution in [0.25, 0.3) is 0 Å². The second-order valence-electron chi connectivity index (χ2n) is 7.68. The van der Waals surface area contributed by atoms with E-state index >= 15 is 0 Å². The Morgan fingerprint density at radius 1 is 1.30 bits per heavy atom. The van der Waals surface area contributed by atoms with Crippen LogP contribution in [0.5, 0.6) is 0 Å². The van der Waals surface area contributed by atoms with Crippen LogP contribution in [-0.2, 0) is 14.3 Å². The Kier molecular flexibility index (Phi) is 9.34. The SMILES string of the molecule is CCNC(=NCC(C)N1CCOCC1C)NC1CCC(C(=O)OCC)CC1. The number of rotatable bonds is 7. The summed E-state index contributed by atoms with van der Waals surface area (Å²) in [6.45, 7) is 13.0. The van der Waals surface area contributed by atoms with Gasteiger partial charge in [0.1, 0.15) is 0 Å². The Morgan fingerprint density at radius 2 is 2.04 bits per heavy atom. The lowest BCUT2D eigenvalue weighted by Crippen LogP contribution is -2.50. The number of morpholine rings is 1. The van der Waals surface area contributed by atoms with Gasteiger partial charge in [0.05, 0.1) is 32.3 Å². The third-order valence-electron chi connectivity index (χ3n) is 5.53. The second kappa shape index (κ2) is 11.5. The van der Waals surface area contributed by atoms with Gasteiger partial charge in [-0.25, -0.2) is 0 Å². The summed E-state index contributed by atoms with van der Waals surface area (Å²) >= 11 is 0. The number of guanidine groups is 1. The minimum absolute atomic E-state index is 0.0371. The number of carbonyl (C=O) groups is 1. The zero-order valence-corrected chi connectivity index (χ0v) is 17.5. The standard InChI is InChI=1S/C20H38N4O3/c1-5-21-20(22-13-15(3)24-11-12-26-14-16(24)4)23-18-9-7-17(8-10-18)19(25)27-6-2/h15-18H,5-14H2,1-4H3,(H2,21,22,23). The van der Waals surface area contributed by atoms with Crippen LogP contribution < -0.4 is 10.6 Å². The molecule has 1 aliphatic heterocycles. The zero-order valence-electron chi connectivity index (χ0n) is 17.5. The van der Waals surface area contributed by atoms with E-state index in [0.717, 1.165) is 64.5 Å². The van der Waals surface area contributed by atoms with Gasteiger partial charge in [0, 0.05) is 31.2 Å². The Labute approximate surface area is 164 Å². The fourth-order valence-corrected chi connectivity index (χ4v) is 3.97. The van der Waals surface area contributed by atoms with Crippen molar-refractivity contribution in [3.05, 3.63) is 0 Å². The number of esters is 1. The van der Waals surface area contributed by atoms with Crippen LogP contribution in [0.2, 0.25) is 0 Å². The molecule has 2 atom stereocenters. The Bertz CT molecular complexity index is 478. The highest BCUT2D eigenvalue weighted by atomic mass is 16.5. The van der Waals surface area contributed by atoms with E-state index in [0.29, 0.717) is 24.7 Å². The van der Waals surface area contributed by atoms with E-state index in [1.165, 1.54) is 0 Å². The maximum atomic E-state index is 11.9. The maximum Gasteiger partial charge on any atom is 0.308 e. The van der Waals surface area contributed by atoms with Crippen molar-refractivity contribution >= 4 is 11.9 Å². The third-order valence-corrected chi connectivity index (χ3v) is 5.53. The molecular formula is C20H38N4O3. The summed E-state index contributed by atoms with van der Waals surface area (Å²) < 4.78 is 10.7. The number of hydrogen-bond acceptors (Lipinski definition) is 5. The highest BCUT2D eigenvalue weighted by molar-refractivity contribution is 5.80. The van der Waals surface area contributed by atoms with Gasteiger partial charge < -0.3 is 20.1 Å². The number of carbonyl (C=O) groups excluding carboxylic acids is 1. The predicted molar refractivity (Wildman–Crippen MR) is 108 cm³/mol. The lowest BCUT2D eigenvalue weighted by molar-refractivity contribution is -0.149. The number of aliphatic imine (C=N–C) groups is 1. The van der Waals surface area contributed by atoms with E-state index in [-0.39, 0.29) is 11.9 Å². The number of hydrogen-bond donors (Lipinski definition) is 2. The van der Waals surface area contributed by atoms with Crippen molar-refractivity contribution in [1.29, 1.82) is 0 Å². The highest BCUT2D eigenvalue weighted by Crippen LogP contribution is 2.25. The van der Waals surface area contributed by atoms with Gasteiger partial charge in [-0.1, -0.05) is 0 Å². The molecule has 1 aliphatic carbocycles. The van der Waals surface area contributed by atoms with Crippen molar-refractivity contribution in [1.82, 2.24) is 15.5 Å². The first kappa shape index (κ1) is 22.0. The summed E-state index contributed by atoms with van der Waals surface area (Å²) in [5.74, 6) is 0.903. The molecule has 7 heteroatoms. The molecule has 0 bridgehead atoms. The molecule has 156 valence electrons. The molecule has 2 aliphatic rings. The molecule has 7 nitrogen and oxygen atoms in total. The Morgan fingerprint density at radius 3 is 2.67 bits per heavy atom. The second-order valence-corrected chi connectivity index (χ2v) is 7.68. The summed E-state index contributed by atoms with van der Waals surface area (Å²) in [5, 5.41) is 6.92.